The number of anilines is 2. The molecule has 0 aliphatic rings. The molecule has 0 radical (unpaired) electrons. The van der Waals surface area contributed by atoms with Gasteiger partial charge in [0.25, 0.3) is 5.91 Å². The summed E-state index contributed by atoms with van der Waals surface area (Å²) in [6.07, 6.45) is 0. The zero-order valence-corrected chi connectivity index (χ0v) is 11.1. The lowest BCUT2D eigenvalue weighted by Crippen LogP contribution is -2.35. The van der Waals surface area contributed by atoms with Crippen molar-refractivity contribution in [1.82, 2.24) is 10.2 Å². The van der Waals surface area contributed by atoms with Gasteiger partial charge in [0.05, 0.1) is 5.56 Å². The van der Waals surface area contributed by atoms with E-state index < -0.39 is 0 Å². The van der Waals surface area contributed by atoms with E-state index in [-0.39, 0.29) is 5.91 Å². The molecule has 0 bridgehead atoms. The van der Waals surface area contributed by atoms with Crippen LogP contribution < -0.4 is 16.8 Å². The Morgan fingerprint density at radius 2 is 1.94 bits per heavy atom. The maximum absolute atomic E-state index is 11.9. The lowest BCUT2D eigenvalue weighted by Gasteiger charge is -2.18. The topological polar surface area (TPSA) is 84.4 Å². The lowest BCUT2D eigenvalue weighted by atomic mass is 10.1. The minimum Gasteiger partial charge on any atom is -0.399 e. The van der Waals surface area contributed by atoms with Gasteiger partial charge in [-0.2, -0.15) is 0 Å². The van der Waals surface area contributed by atoms with E-state index in [1.165, 1.54) is 0 Å². The van der Waals surface area contributed by atoms with Gasteiger partial charge in [0.2, 0.25) is 0 Å². The standard InChI is InChI=1S/C13H22N4O/c1-3-17(4-2)8-7-16-13(18)11-9-10(14)5-6-12(11)15/h5-6,9H,3-4,7-8,14-15H2,1-2H3,(H,16,18). The Balaban J connectivity index is 2.53. The van der Waals surface area contributed by atoms with E-state index in [1.54, 1.807) is 18.2 Å². The van der Waals surface area contributed by atoms with Crippen LogP contribution in [0.4, 0.5) is 11.4 Å². The first-order valence-corrected chi connectivity index (χ1v) is 6.24. The average molecular weight is 250 g/mol. The van der Waals surface area contributed by atoms with Gasteiger partial charge in [-0.15, -0.1) is 0 Å². The minimum absolute atomic E-state index is 0.174. The highest BCUT2D eigenvalue weighted by Gasteiger charge is 2.09. The molecule has 5 heteroatoms. The number of nitrogens with one attached hydrogen (secondary N) is 1. The van der Waals surface area contributed by atoms with Crippen LogP contribution in [0.15, 0.2) is 18.2 Å². The maximum atomic E-state index is 11.9. The van der Waals surface area contributed by atoms with Crippen molar-refractivity contribution in [2.45, 2.75) is 13.8 Å². The molecule has 0 aliphatic heterocycles. The Hall–Kier alpha value is -1.75. The first-order chi connectivity index (χ1) is 8.58. The molecule has 0 aliphatic carbocycles. The summed E-state index contributed by atoms with van der Waals surface area (Å²) in [5, 5.41) is 2.85. The predicted molar refractivity (Wildman–Crippen MR) is 75.4 cm³/mol. The van der Waals surface area contributed by atoms with Crippen LogP contribution in [0.3, 0.4) is 0 Å². The fourth-order valence-electron chi connectivity index (χ4n) is 1.73. The van der Waals surface area contributed by atoms with Gasteiger partial charge in [-0.1, -0.05) is 13.8 Å². The molecule has 1 rings (SSSR count). The zero-order valence-electron chi connectivity index (χ0n) is 11.1. The summed E-state index contributed by atoms with van der Waals surface area (Å²) in [6, 6.07) is 4.93. The molecule has 5 nitrogen and oxygen atoms in total. The van der Waals surface area contributed by atoms with E-state index in [0.717, 1.165) is 19.6 Å². The molecule has 0 atom stereocenters. The number of hydrogen-bond donors (Lipinski definition) is 3. The van der Waals surface area contributed by atoms with Crippen LogP contribution in [0.5, 0.6) is 0 Å². The van der Waals surface area contributed by atoms with Crippen molar-refractivity contribution >= 4 is 17.3 Å². The molecule has 0 saturated carbocycles. The van der Waals surface area contributed by atoms with Crippen molar-refractivity contribution in [1.29, 1.82) is 0 Å². The Labute approximate surface area is 108 Å². The van der Waals surface area contributed by atoms with Gasteiger partial charge < -0.3 is 21.7 Å². The van der Waals surface area contributed by atoms with Crippen LogP contribution in [0, 0.1) is 0 Å². The highest BCUT2D eigenvalue weighted by atomic mass is 16.1. The van der Waals surface area contributed by atoms with Gasteiger partial charge in [0, 0.05) is 24.5 Å². The van der Waals surface area contributed by atoms with Crippen LogP contribution >= 0.6 is 0 Å². The molecule has 1 aromatic rings. The monoisotopic (exact) mass is 250 g/mol. The molecule has 0 saturated heterocycles. The second-order valence-corrected chi connectivity index (χ2v) is 4.13. The van der Waals surface area contributed by atoms with E-state index in [4.69, 9.17) is 11.5 Å². The Bertz CT molecular complexity index is 402. The highest BCUT2D eigenvalue weighted by Crippen LogP contribution is 2.15. The average Bonchev–Trinajstić information content (AvgIpc) is 2.37. The summed E-state index contributed by atoms with van der Waals surface area (Å²) < 4.78 is 0. The van der Waals surface area contributed by atoms with Crippen molar-refractivity contribution in [3.05, 3.63) is 23.8 Å². The molecular weight excluding hydrogens is 228 g/mol. The normalized spacial score (nSPS) is 10.6. The van der Waals surface area contributed by atoms with E-state index in [0.29, 0.717) is 23.5 Å². The van der Waals surface area contributed by atoms with Gasteiger partial charge in [0.1, 0.15) is 0 Å². The fraction of sp³-hybridized carbons (Fsp3) is 0.462. The number of hydrogen-bond acceptors (Lipinski definition) is 4. The summed E-state index contributed by atoms with van der Waals surface area (Å²) >= 11 is 0. The SMILES string of the molecule is CCN(CC)CCNC(=O)c1cc(N)ccc1N. The van der Waals surface area contributed by atoms with Crippen LogP contribution in [0.25, 0.3) is 0 Å². The summed E-state index contributed by atoms with van der Waals surface area (Å²) in [4.78, 5) is 14.1. The van der Waals surface area contributed by atoms with Crippen LogP contribution in [-0.2, 0) is 0 Å². The number of likely N-dealkylation sites (N-methyl/N-ethyl adjacent to an activating group) is 1. The van der Waals surface area contributed by atoms with Gasteiger partial charge >= 0.3 is 0 Å². The largest absolute Gasteiger partial charge is 0.399 e. The van der Waals surface area contributed by atoms with Gasteiger partial charge in [-0.25, -0.2) is 0 Å². The van der Waals surface area contributed by atoms with Crippen molar-refractivity contribution < 1.29 is 4.79 Å². The molecule has 1 amide bonds. The predicted octanol–water partition coefficient (Wildman–Crippen LogP) is 0.923. The summed E-state index contributed by atoms with van der Waals surface area (Å²) in [5.74, 6) is -0.174. The van der Waals surface area contributed by atoms with Crippen LogP contribution in [0.2, 0.25) is 0 Å². The second kappa shape index (κ2) is 6.86. The molecular formula is C13H22N4O. The number of carbonyl (C=O) groups is 1. The van der Waals surface area contributed by atoms with E-state index in [1.807, 2.05) is 0 Å². The zero-order chi connectivity index (χ0) is 13.5. The van der Waals surface area contributed by atoms with Crippen LogP contribution in [-0.4, -0.2) is 37.0 Å². The Morgan fingerprint density at radius 1 is 1.28 bits per heavy atom. The first-order valence-electron chi connectivity index (χ1n) is 6.24. The van der Waals surface area contributed by atoms with E-state index >= 15 is 0 Å². The quantitative estimate of drug-likeness (QED) is 0.656. The van der Waals surface area contributed by atoms with Crippen molar-refractivity contribution in [2.75, 3.05) is 37.6 Å². The van der Waals surface area contributed by atoms with E-state index in [9.17, 15) is 4.79 Å². The minimum atomic E-state index is -0.174. The fourth-order valence-corrected chi connectivity index (χ4v) is 1.73. The summed E-state index contributed by atoms with van der Waals surface area (Å²) in [5.41, 5.74) is 12.8. The lowest BCUT2D eigenvalue weighted by molar-refractivity contribution is 0.0950. The third kappa shape index (κ3) is 3.92. The summed E-state index contributed by atoms with van der Waals surface area (Å²) in [7, 11) is 0. The molecule has 1 aromatic carbocycles. The molecule has 100 valence electrons. The molecule has 0 spiro atoms. The molecule has 0 aromatic heterocycles. The molecule has 0 heterocycles. The first kappa shape index (κ1) is 14.3. The number of rotatable bonds is 6. The number of nitrogens with two attached hydrogens (primary N) is 2. The highest BCUT2D eigenvalue weighted by molar-refractivity contribution is 5.99. The maximum Gasteiger partial charge on any atom is 0.253 e. The third-order valence-corrected chi connectivity index (χ3v) is 2.93. The number of nitrogen functional groups attached to an aromatic ring is 2. The summed E-state index contributed by atoms with van der Waals surface area (Å²) in [6.45, 7) is 7.59. The van der Waals surface area contributed by atoms with Crippen molar-refractivity contribution in [3.63, 3.8) is 0 Å². The molecule has 18 heavy (non-hydrogen) atoms. The van der Waals surface area contributed by atoms with E-state index in [2.05, 4.69) is 24.1 Å². The molecule has 5 N–H and O–H groups in total. The van der Waals surface area contributed by atoms with Gasteiger partial charge in [0.15, 0.2) is 0 Å². The Morgan fingerprint density at radius 3 is 2.56 bits per heavy atom. The van der Waals surface area contributed by atoms with Gasteiger partial charge in [-0.3, -0.25) is 4.79 Å². The third-order valence-electron chi connectivity index (χ3n) is 2.93. The van der Waals surface area contributed by atoms with Crippen molar-refractivity contribution in [2.24, 2.45) is 0 Å². The Kier molecular flexibility index (Phi) is 5.45. The number of amides is 1. The molecule has 0 unspecified atom stereocenters. The van der Waals surface area contributed by atoms with Crippen LogP contribution in [0.1, 0.15) is 24.2 Å². The smallest absolute Gasteiger partial charge is 0.253 e. The number of benzene rings is 1. The number of carbonyl (C=O) groups excluding carboxylic acids is 1. The second-order valence-electron chi connectivity index (χ2n) is 4.13. The van der Waals surface area contributed by atoms with Crippen molar-refractivity contribution in [3.8, 4) is 0 Å². The molecule has 0 fully saturated rings. The van der Waals surface area contributed by atoms with Gasteiger partial charge in [-0.05, 0) is 31.3 Å². The number of nitrogens with zero attached hydrogens (tertiary/aromatic N) is 1.